The van der Waals surface area contributed by atoms with Crippen LogP contribution in [0.3, 0.4) is 0 Å². The van der Waals surface area contributed by atoms with Gasteiger partial charge in [-0.1, -0.05) is 0 Å². The molecular formula is C10H15N3O4. The van der Waals surface area contributed by atoms with Crippen molar-refractivity contribution >= 4 is 11.7 Å². The average Bonchev–Trinajstić information content (AvgIpc) is 2.20. The van der Waals surface area contributed by atoms with Gasteiger partial charge in [0.1, 0.15) is 0 Å². The van der Waals surface area contributed by atoms with Crippen molar-refractivity contribution in [1.82, 2.24) is 9.78 Å². The molecular weight excluding hydrogens is 226 g/mol. The van der Waals surface area contributed by atoms with E-state index in [4.69, 9.17) is 5.11 Å². The summed E-state index contributed by atoms with van der Waals surface area (Å²) in [6.45, 7) is 0.720. The Hall–Kier alpha value is -1.89. The highest BCUT2D eigenvalue weighted by Crippen LogP contribution is 2.07. The molecule has 2 N–H and O–H groups in total. The van der Waals surface area contributed by atoms with Crippen molar-refractivity contribution in [1.29, 1.82) is 0 Å². The Morgan fingerprint density at radius 1 is 1.59 bits per heavy atom. The topological polar surface area (TPSA) is 95.7 Å². The molecule has 7 heteroatoms. The van der Waals surface area contributed by atoms with Crippen molar-refractivity contribution in [2.24, 2.45) is 0 Å². The lowest BCUT2D eigenvalue weighted by Gasteiger charge is -2.19. The highest BCUT2D eigenvalue weighted by Gasteiger charge is 2.31. The van der Waals surface area contributed by atoms with E-state index in [0.29, 0.717) is 5.69 Å². The molecule has 0 radical (unpaired) electrons. The maximum Gasteiger partial charge on any atom is 0.337 e. The van der Waals surface area contributed by atoms with Crippen molar-refractivity contribution in [3.05, 3.63) is 22.6 Å². The molecule has 0 fully saturated rings. The minimum absolute atomic E-state index is 0.394. The van der Waals surface area contributed by atoms with E-state index in [-0.39, 0.29) is 0 Å². The van der Waals surface area contributed by atoms with E-state index >= 15 is 0 Å². The van der Waals surface area contributed by atoms with Crippen LogP contribution in [-0.4, -0.2) is 45.7 Å². The van der Waals surface area contributed by atoms with Gasteiger partial charge in [0.2, 0.25) is 0 Å². The number of hydrogen-bond acceptors (Lipinski definition) is 5. The second-order valence-electron chi connectivity index (χ2n) is 4.18. The van der Waals surface area contributed by atoms with Crippen molar-refractivity contribution in [2.45, 2.75) is 19.1 Å². The molecule has 0 saturated heterocycles. The Morgan fingerprint density at radius 2 is 2.18 bits per heavy atom. The van der Waals surface area contributed by atoms with Gasteiger partial charge in [-0.05, 0) is 6.92 Å². The smallest absolute Gasteiger partial charge is 0.337 e. The van der Waals surface area contributed by atoms with E-state index in [9.17, 15) is 14.7 Å². The highest BCUT2D eigenvalue weighted by molar-refractivity contribution is 5.76. The third-order valence-corrected chi connectivity index (χ3v) is 2.29. The quantitative estimate of drug-likeness (QED) is 0.712. The number of carboxylic acids is 1. The highest BCUT2D eigenvalue weighted by atomic mass is 16.4. The minimum atomic E-state index is -2.02. The molecule has 0 aliphatic heterocycles. The first-order valence-electron chi connectivity index (χ1n) is 4.94. The number of aromatic nitrogens is 2. The standard InChI is InChI=1S/C10H15N3O4/c1-10(17,9(15)16)6-13-8(14)4-7(5-11-13)12(2)3/h4-5,17H,6H2,1-3H3,(H,15,16). The van der Waals surface area contributed by atoms with Gasteiger partial charge in [0, 0.05) is 20.2 Å². The summed E-state index contributed by atoms with van der Waals surface area (Å²) in [6, 6.07) is 1.32. The Morgan fingerprint density at radius 3 is 2.59 bits per heavy atom. The van der Waals surface area contributed by atoms with Gasteiger partial charge in [-0.3, -0.25) is 4.79 Å². The van der Waals surface area contributed by atoms with Crippen molar-refractivity contribution in [3.63, 3.8) is 0 Å². The lowest BCUT2D eigenvalue weighted by atomic mass is 10.1. The van der Waals surface area contributed by atoms with Gasteiger partial charge in [-0.2, -0.15) is 5.10 Å². The lowest BCUT2D eigenvalue weighted by Crippen LogP contribution is -2.43. The first-order valence-corrected chi connectivity index (χ1v) is 4.94. The number of carbonyl (C=O) groups is 1. The molecule has 1 unspecified atom stereocenters. The molecule has 17 heavy (non-hydrogen) atoms. The zero-order valence-electron chi connectivity index (χ0n) is 9.91. The minimum Gasteiger partial charge on any atom is -0.479 e. The van der Waals surface area contributed by atoms with Gasteiger partial charge in [0.05, 0.1) is 18.4 Å². The van der Waals surface area contributed by atoms with Crippen LogP contribution in [-0.2, 0) is 11.3 Å². The fraction of sp³-hybridized carbons (Fsp3) is 0.500. The van der Waals surface area contributed by atoms with Crippen LogP contribution >= 0.6 is 0 Å². The SMILES string of the molecule is CN(C)c1cnn(CC(C)(O)C(=O)O)c(=O)c1. The van der Waals surface area contributed by atoms with Crippen LogP contribution in [0.5, 0.6) is 0 Å². The fourth-order valence-electron chi connectivity index (χ4n) is 1.15. The summed E-state index contributed by atoms with van der Waals surface area (Å²) >= 11 is 0. The zero-order valence-corrected chi connectivity index (χ0v) is 9.91. The van der Waals surface area contributed by atoms with Crippen LogP contribution in [0.15, 0.2) is 17.1 Å². The molecule has 94 valence electrons. The molecule has 1 rings (SSSR count). The first kappa shape index (κ1) is 13.2. The Bertz CT molecular complexity index is 479. The monoisotopic (exact) mass is 241 g/mol. The van der Waals surface area contributed by atoms with Crippen LogP contribution in [0.4, 0.5) is 5.69 Å². The zero-order chi connectivity index (χ0) is 13.2. The average molecular weight is 241 g/mol. The van der Waals surface area contributed by atoms with Gasteiger partial charge in [0.25, 0.3) is 5.56 Å². The Balaban J connectivity index is 3.02. The van der Waals surface area contributed by atoms with Gasteiger partial charge in [-0.25, -0.2) is 9.48 Å². The summed E-state index contributed by atoms with van der Waals surface area (Å²) in [5, 5.41) is 22.1. The van der Waals surface area contributed by atoms with E-state index in [1.54, 1.807) is 19.0 Å². The van der Waals surface area contributed by atoms with Gasteiger partial charge >= 0.3 is 5.97 Å². The van der Waals surface area contributed by atoms with Crippen LogP contribution in [0, 0.1) is 0 Å². The van der Waals surface area contributed by atoms with E-state index in [1.807, 2.05) is 0 Å². The van der Waals surface area contributed by atoms with Crippen molar-refractivity contribution < 1.29 is 15.0 Å². The fourth-order valence-corrected chi connectivity index (χ4v) is 1.15. The second kappa shape index (κ2) is 4.54. The van der Waals surface area contributed by atoms with Gasteiger partial charge in [-0.15, -0.1) is 0 Å². The summed E-state index contributed by atoms with van der Waals surface area (Å²) in [4.78, 5) is 24.0. The number of aliphatic hydroxyl groups is 1. The van der Waals surface area contributed by atoms with Crippen molar-refractivity contribution in [3.8, 4) is 0 Å². The van der Waals surface area contributed by atoms with Crippen LogP contribution in [0.2, 0.25) is 0 Å². The predicted octanol–water partition coefficient (Wildman–Crippen LogP) is -0.855. The predicted molar refractivity (Wildman–Crippen MR) is 61.1 cm³/mol. The largest absolute Gasteiger partial charge is 0.479 e. The van der Waals surface area contributed by atoms with Crippen LogP contribution in [0.25, 0.3) is 0 Å². The molecule has 1 aromatic rings. The third-order valence-electron chi connectivity index (χ3n) is 2.29. The summed E-state index contributed by atoms with van der Waals surface area (Å²) in [6.07, 6.45) is 1.43. The third kappa shape index (κ3) is 3.04. The molecule has 0 spiro atoms. The van der Waals surface area contributed by atoms with Crippen molar-refractivity contribution in [2.75, 3.05) is 19.0 Å². The molecule has 1 atom stereocenters. The first-order chi connectivity index (χ1) is 7.74. The number of aliphatic carboxylic acids is 1. The van der Waals surface area contributed by atoms with Gasteiger partial charge < -0.3 is 15.1 Å². The van der Waals surface area contributed by atoms with Gasteiger partial charge in [0.15, 0.2) is 5.60 Å². The lowest BCUT2D eigenvalue weighted by molar-refractivity contribution is -0.158. The Kier molecular flexibility index (Phi) is 3.52. The van der Waals surface area contributed by atoms with E-state index in [0.717, 1.165) is 11.6 Å². The molecule has 1 heterocycles. The van der Waals surface area contributed by atoms with E-state index in [1.165, 1.54) is 12.3 Å². The number of rotatable bonds is 4. The molecule has 1 aromatic heterocycles. The summed E-state index contributed by atoms with van der Waals surface area (Å²) in [7, 11) is 3.52. The molecule has 0 bridgehead atoms. The molecule has 0 saturated carbocycles. The van der Waals surface area contributed by atoms with E-state index < -0.39 is 23.7 Å². The number of nitrogens with zero attached hydrogens (tertiary/aromatic N) is 3. The maximum absolute atomic E-state index is 11.6. The van der Waals surface area contributed by atoms with Crippen LogP contribution < -0.4 is 10.5 Å². The molecule has 0 aromatic carbocycles. The summed E-state index contributed by atoms with van der Waals surface area (Å²) < 4.78 is 0.918. The molecule has 0 aliphatic carbocycles. The summed E-state index contributed by atoms with van der Waals surface area (Å²) in [5.74, 6) is -1.40. The summed E-state index contributed by atoms with van der Waals surface area (Å²) in [5.41, 5.74) is -1.87. The van der Waals surface area contributed by atoms with Crippen LogP contribution in [0.1, 0.15) is 6.92 Å². The Labute approximate surface area is 97.9 Å². The van der Waals surface area contributed by atoms with E-state index in [2.05, 4.69) is 5.10 Å². The normalized spacial score (nSPS) is 14.1. The molecule has 0 amide bonds. The number of carboxylic acid groups (broad SMARTS) is 1. The maximum atomic E-state index is 11.6. The number of hydrogen-bond donors (Lipinski definition) is 2. The number of anilines is 1. The second-order valence-corrected chi connectivity index (χ2v) is 4.18. The molecule has 0 aliphatic rings. The molecule has 7 nitrogen and oxygen atoms in total.